The number of hydrogen-bond donors (Lipinski definition) is 3. The summed E-state index contributed by atoms with van der Waals surface area (Å²) in [5, 5.41) is 15.6. The van der Waals surface area contributed by atoms with Crippen LogP contribution in [0.2, 0.25) is 0 Å². The summed E-state index contributed by atoms with van der Waals surface area (Å²) in [4.78, 5) is 37.2. The summed E-state index contributed by atoms with van der Waals surface area (Å²) in [5.74, 6) is -0.381. The Bertz CT molecular complexity index is 795. The fraction of sp³-hybridized carbons (Fsp3) is 0.591. The van der Waals surface area contributed by atoms with E-state index in [2.05, 4.69) is 10.6 Å². The van der Waals surface area contributed by atoms with E-state index in [4.69, 9.17) is 4.74 Å². The number of carbonyl (C=O) groups excluding carboxylic acids is 3. The zero-order valence-electron chi connectivity index (χ0n) is 16.6. The van der Waals surface area contributed by atoms with Crippen molar-refractivity contribution in [2.75, 3.05) is 0 Å². The molecule has 0 heterocycles. The van der Waals surface area contributed by atoms with Crippen molar-refractivity contribution in [2.45, 2.75) is 63.7 Å². The third kappa shape index (κ3) is 4.15. The molecule has 0 radical (unpaired) electrons. The quantitative estimate of drug-likeness (QED) is 0.658. The lowest BCUT2D eigenvalue weighted by atomic mass is 9.48. The Morgan fingerprint density at radius 3 is 2.41 bits per heavy atom. The van der Waals surface area contributed by atoms with Crippen LogP contribution in [-0.2, 0) is 20.9 Å². The van der Waals surface area contributed by atoms with Gasteiger partial charge in [0.1, 0.15) is 0 Å². The molecule has 7 nitrogen and oxygen atoms in total. The van der Waals surface area contributed by atoms with Crippen molar-refractivity contribution in [3.05, 3.63) is 35.9 Å². The molecule has 5 atom stereocenters. The van der Waals surface area contributed by atoms with E-state index in [1.807, 2.05) is 30.3 Å². The summed E-state index contributed by atoms with van der Waals surface area (Å²) in [7, 11) is 0. The van der Waals surface area contributed by atoms with Gasteiger partial charge in [-0.15, -0.1) is 0 Å². The van der Waals surface area contributed by atoms with Crippen molar-refractivity contribution in [2.24, 2.45) is 17.3 Å². The van der Waals surface area contributed by atoms with Gasteiger partial charge in [-0.3, -0.25) is 14.9 Å². The maximum absolute atomic E-state index is 12.9. The molecular formula is C22H28N2O5. The fourth-order valence-corrected chi connectivity index (χ4v) is 5.83. The first-order valence-electron chi connectivity index (χ1n) is 10.3. The molecule has 4 bridgehead atoms. The number of esters is 1. The molecule has 7 heteroatoms. The predicted molar refractivity (Wildman–Crippen MR) is 104 cm³/mol. The molecule has 4 saturated carbocycles. The highest BCUT2D eigenvalue weighted by Gasteiger charge is 2.61. The van der Waals surface area contributed by atoms with E-state index in [9.17, 15) is 19.5 Å². The van der Waals surface area contributed by atoms with Crippen molar-refractivity contribution in [3.63, 3.8) is 0 Å². The monoisotopic (exact) mass is 400 g/mol. The summed E-state index contributed by atoms with van der Waals surface area (Å²) in [6.45, 7) is 1.76. The highest BCUT2D eigenvalue weighted by Crippen LogP contribution is 2.62. The molecular weight excluding hydrogens is 372 g/mol. The number of rotatable bonds is 5. The van der Waals surface area contributed by atoms with Crippen LogP contribution < -0.4 is 10.6 Å². The van der Waals surface area contributed by atoms with Gasteiger partial charge in [0, 0.05) is 6.54 Å². The number of benzene rings is 1. The van der Waals surface area contributed by atoms with Gasteiger partial charge >= 0.3 is 12.0 Å². The Kier molecular flexibility index (Phi) is 5.11. The second-order valence-electron chi connectivity index (χ2n) is 9.17. The first-order chi connectivity index (χ1) is 13.8. The van der Waals surface area contributed by atoms with E-state index in [1.165, 1.54) is 6.92 Å². The van der Waals surface area contributed by atoms with Crippen LogP contribution in [-0.4, -0.2) is 34.7 Å². The van der Waals surface area contributed by atoms with E-state index in [1.54, 1.807) is 0 Å². The third-order valence-electron chi connectivity index (χ3n) is 6.65. The zero-order chi connectivity index (χ0) is 20.6. The second-order valence-corrected chi connectivity index (χ2v) is 9.17. The standard InChI is InChI=1S/C22H28N2O5/c1-14(18(25)24-20(27)23-12-15-5-3-2-4-6-15)29-19(26)21-8-16-7-17(9-21)11-22(28,10-16)13-21/h2-6,14,16-17,28H,7-13H2,1H3,(H2,23,24,25,27)/t14-,16-,17+,21?,22?/m1/s1. The lowest BCUT2D eigenvalue weighted by molar-refractivity contribution is -0.199. The Hall–Kier alpha value is -2.41. The number of urea groups is 1. The lowest BCUT2D eigenvalue weighted by Gasteiger charge is -2.58. The normalized spacial score (nSPS) is 33.0. The summed E-state index contributed by atoms with van der Waals surface area (Å²) in [5.41, 5.74) is -0.552. The molecule has 3 amide bonds. The zero-order valence-corrected chi connectivity index (χ0v) is 16.6. The van der Waals surface area contributed by atoms with Crippen LogP contribution in [0.1, 0.15) is 51.0 Å². The SMILES string of the molecule is C[C@@H](OC(=O)C12C[C@@H]3C[C@@H](CC(O)(C3)C1)C2)C(=O)NC(=O)NCc1ccccc1. The molecule has 29 heavy (non-hydrogen) atoms. The minimum Gasteiger partial charge on any atom is -0.452 e. The molecule has 4 fully saturated rings. The Labute approximate surface area is 170 Å². The predicted octanol–water partition coefficient (Wildman–Crippen LogP) is 2.28. The highest BCUT2D eigenvalue weighted by molar-refractivity contribution is 5.97. The number of hydrogen-bond acceptors (Lipinski definition) is 5. The molecule has 0 aliphatic heterocycles. The van der Waals surface area contributed by atoms with Gasteiger partial charge in [0.2, 0.25) is 0 Å². The van der Waals surface area contributed by atoms with E-state index >= 15 is 0 Å². The number of ether oxygens (including phenoxy) is 1. The molecule has 156 valence electrons. The van der Waals surface area contributed by atoms with Crippen LogP contribution in [0.25, 0.3) is 0 Å². The van der Waals surface area contributed by atoms with Gasteiger partial charge in [-0.2, -0.15) is 0 Å². The molecule has 5 rings (SSSR count). The minimum absolute atomic E-state index is 0.290. The van der Waals surface area contributed by atoms with Gasteiger partial charge in [-0.25, -0.2) is 4.79 Å². The van der Waals surface area contributed by atoms with Gasteiger partial charge in [-0.1, -0.05) is 30.3 Å². The molecule has 1 aromatic carbocycles. The summed E-state index contributed by atoms with van der Waals surface area (Å²) < 4.78 is 5.46. The molecule has 1 aromatic rings. The topological polar surface area (TPSA) is 105 Å². The maximum Gasteiger partial charge on any atom is 0.321 e. The Morgan fingerprint density at radius 1 is 1.14 bits per heavy atom. The lowest BCUT2D eigenvalue weighted by Crippen LogP contribution is -2.59. The average molecular weight is 400 g/mol. The van der Waals surface area contributed by atoms with Crippen LogP contribution >= 0.6 is 0 Å². The van der Waals surface area contributed by atoms with Crippen LogP contribution in [0.5, 0.6) is 0 Å². The van der Waals surface area contributed by atoms with E-state index in [-0.39, 0.29) is 0 Å². The fourth-order valence-electron chi connectivity index (χ4n) is 5.83. The molecule has 4 aliphatic carbocycles. The number of amides is 3. The van der Waals surface area contributed by atoms with Gasteiger partial charge in [0.25, 0.3) is 5.91 Å². The van der Waals surface area contributed by atoms with Crippen LogP contribution in [0.4, 0.5) is 4.79 Å². The van der Waals surface area contributed by atoms with Crippen molar-refractivity contribution >= 4 is 17.9 Å². The third-order valence-corrected chi connectivity index (χ3v) is 6.65. The molecule has 0 saturated heterocycles. The van der Waals surface area contributed by atoms with Crippen molar-refractivity contribution < 1.29 is 24.2 Å². The van der Waals surface area contributed by atoms with Crippen LogP contribution in [0.3, 0.4) is 0 Å². The smallest absolute Gasteiger partial charge is 0.321 e. The number of carbonyl (C=O) groups is 3. The van der Waals surface area contributed by atoms with Gasteiger partial charge < -0.3 is 15.2 Å². The average Bonchev–Trinajstić information content (AvgIpc) is 2.65. The van der Waals surface area contributed by atoms with Crippen LogP contribution in [0.15, 0.2) is 30.3 Å². The van der Waals surface area contributed by atoms with E-state index < -0.39 is 35.0 Å². The molecule has 4 aliphatic rings. The van der Waals surface area contributed by atoms with Gasteiger partial charge in [0.05, 0.1) is 11.0 Å². The molecule has 2 unspecified atom stereocenters. The van der Waals surface area contributed by atoms with Crippen molar-refractivity contribution in [1.29, 1.82) is 0 Å². The number of imide groups is 1. The van der Waals surface area contributed by atoms with Crippen molar-refractivity contribution in [3.8, 4) is 0 Å². The second kappa shape index (κ2) is 7.44. The number of aliphatic hydroxyl groups is 1. The largest absolute Gasteiger partial charge is 0.452 e. The first kappa shape index (κ1) is 19.9. The van der Waals surface area contributed by atoms with Crippen LogP contribution in [0, 0.1) is 17.3 Å². The Morgan fingerprint density at radius 2 is 1.79 bits per heavy atom. The van der Waals surface area contributed by atoms with Gasteiger partial charge in [-0.05, 0) is 62.8 Å². The van der Waals surface area contributed by atoms with Gasteiger partial charge in [0.15, 0.2) is 6.10 Å². The summed E-state index contributed by atoms with van der Waals surface area (Å²) in [6.07, 6.45) is 3.36. The highest BCUT2D eigenvalue weighted by atomic mass is 16.5. The minimum atomic E-state index is -1.08. The van der Waals surface area contributed by atoms with E-state index in [0.717, 1.165) is 37.7 Å². The molecule has 0 spiro atoms. The maximum atomic E-state index is 12.9. The van der Waals surface area contributed by atoms with Crippen molar-refractivity contribution in [1.82, 2.24) is 10.6 Å². The molecule has 0 aromatic heterocycles. The summed E-state index contributed by atoms with van der Waals surface area (Å²) in [6, 6.07) is 8.71. The van der Waals surface area contributed by atoms with E-state index in [0.29, 0.717) is 24.8 Å². The number of nitrogens with one attached hydrogen (secondary N) is 2. The summed E-state index contributed by atoms with van der Waals surface area (Å²) >= 11 is 0. The molecule has 3 N–H and O–H groups in total. The Balaban J connectivity index is 1.29. The first-order valence-corrected chi connectivity index (χ1v) is 10.3.